The van der Waals surface area contributed by atoms with Crippen molar-refractivity contribution in [3.8, 4) is 33.8 Å². The highest BCUT2D eigenvalue weighted by molar-refractivity contribution is 5.62. The number of benzene rings is 2. The number of nitrogens with zero attached hydrogens (tertiary/aromatic N) is 6. The van der Waals surface area contributed by atoms with E-state index in [1.165, 1.54) is 0 Å². The minimum absolute atomic E-state index is 0.561. The Labute approximate surface area is 256 Å². The van der Waals surface area contributed by atoms with Crippen molar-refractivity contribution in [3.63, 3.8) is 0 Å². The quantitative estimate of drug-likeness (QED) is 0.116. The van der Waals surface area contributed by atoms with Crippen molar-refractivity contribution < 1.29 is 18.6 Å². The second-order valence-electron chi connectivity index (χ2n) is 10.0. The van der Waals surface area contributed by atoms with Gasteiger partial charge in [-0.2, -0.15) is 10.2 Å². The summed E-state index contributed by atoms with van der Waals surface area (Å²) in [5.74, 6) is 1.59. The Kier molecular flexibility index (Phi) is 9.30. The number of ether oxygens (including phenoxy) is 2. The van der Waals surface area contributed by atoms with Crippen LogP contribution in [0.3, 0.4) is 0 Å². The molecule has 0 aliphatic carbocycles. The molecule has 0 aliphatic rings. The summed E-state index contributed by atoms with van der Waals surface area (Å²) in [5, 5.41) is 8.71. The number of hydrogen-bond acceptors (Lipinski definition) is 6. The lowest BCUT2D eigenvalue weighted by molar-refractivity contribution is -0.697. The molecular weight excluding hydrogens is 548 g/mol. The highest BCUT2D eigenvalue weighted by atomic mass is 16.5. The van der Waals surface area contributed by atoms with Crippen molar-refractivity contribution in [2.75, 3.05) is 13.2 Å². The van der Waals surface area contributed by atoms with Crippen molar-refractivity contribution in [2.45, 2.75) is 13.1 Å². The third-order valence-corrected chi connectivity index (χ3v) is 7.00. The Morgan fingerprint density at radius 3 is 1.14 bits per heavy atom. The Balaban J connectivity index is 0.920. The first-order valence-corrected chi connectivity index (χ1v) is 14.4. The fourth-order valence-corrected chi connectivity index (χ4v) is 4.56. The monoisotopic (exact) mass is 580 g/mol. The summed E-state index contributed by atoms with van der Waals surface area (Å²) in [4.78, 5) is 8.15. The van der Waals surface area contributed by atoms with Crippen LogP contribution in [0.15, 0.2) is 157 Å². The topological polar surface area (TPSA) is 76.7 Å². The Hall–Kier alpha value is -5.76. The summed E-state index contributed by atoms with van der Waals surface area (Å²) in [6.07, 6.45) is 15.5. The van der Waals surface area contributed by atoms with Gasteiger partial charge in [-0.3, -0.25) is 9.97 Å². The molecule has 4 aromatic heterocycles. The Morgan fingerprint density at radius 2 is 0.773 bits per heavy atom. The molecule has 44 heavy (non-hydrogen) atoms. The molecule has 0 N–H and O–H groups in total. The molecule has 2 aromatic carbocycles. The fourth-order valence-electron chi connectivity index (χ4n) is 4.56. The molecule has 0 saturated heterocycles. The molecule has 0 saturated carbocycles. The van der Waals surface area contributed by atoms with E-state index in [0.29, 0.717) is 13.2 Å². The smallest absolute Gasteiger partial charge is 0.182 e. The molecule has 0 bridgehead atoms. The molecule has 0 amide bonds. The highest BCUT2D eigenvalue weighted by Gasteiger charge is 2.05. The van der Waals surface area contributed by atoms with Crippen LogP contribution in [0.4, 0.5) is 11.4 Å². The average Bonchev–Trinajstić information content (AvgIpc) is 3.10. The molecule has 0 spiro atoms. The van der Waals surface area contributed by atoms with E-state index in [0.717, 1.165) is 58.2 Å². The summed E-state index contributed by atoms with van der Waals surface area (Å²) in [7, 11) is 0. The summed E-state index contributed by atoms with van der Waals surface area (Å²) < 4.78 is 16.0. The van der Waals surface area contributed by atoms with E-state index in [1.807, 2.05) is 72.8 Å². The van der Waals surface area contributed by atoms with Gasteiger partial charge in [0.05, 0.1) is 11.4 Å². The predicted molar refractivity (Wildman–Crippen MR) is 168 cm³/mol. The van der Waals surface area contributed by atoms with Crippen LogP contribution >= 0.6 is 0 Å². The number of azo groups is 1. The lowest BCUT2D eigenvalue weighted by Gasteiger charge is -2.05. The lowest BCUT2D eigenvalue weighted by Crippen LogP contribution is -2.35. The molecule has 0 aliphatic heterocycles. The van der Waals surface area contributed by atoms with Gasteiger partial charge in [0.1, 0.15) is 24.7 Å². The standard InChI is InChI=1S/C36H32N6O2/c1-5-35(43-27-25-41-21-13-31(14-22-41)29-9-17-37-18-10-29)6-2-33(1)39-40-34-3-7-36(8-4-34)44-28-26-42-23-15-32(16-24-42)30-11-19-38-20-12-30/h1-24H,25-28H2/q+2. The van der Waals surface area contributed by atoms with Crippen LogP contribution in [-0.2, 0) is 13.1 Å². The molecule has 8 heteroatoms. The summed E-state index contributed by atoms with van der Waals surface area (Å²) in [6.45, 7) is 2.62. The molecule has 0 fully saturated rings. The number of rotatable bonds is 12. The maximum atomic E-state index is 5.92. The van der Waals surface area contributed by atoms with Gasteiger partial charge in [0.25, 0.3) is 0 Å². The van der Waals surface area contributed by atoms with E-state index in [-0.39, 0.29) is 0 Å². The Bertz CT molecular complexity index is 1630. The van der Waals surface area contributed by atoms with Gasteiger partial charge in [-0.15, -0.1) is 0 Å². The fraction of sp³-hybridized carbons (Fsp3) is 0.111. The van der Waals surface area contributed by atoms with Crippen molar-refractivity contribution in [2.24, 2.45) is 10.2 Å². The van der Waals surface area contributed by atoms with Crippen molar-refractivity contribution in [1.82, 2.24) is 9.97 Å². The SMILES string of the molecule is c1cc(-c2cc[n+](CCOc3ccc(N=Nc4ccc(OCC[n+]5ccc(-c6ccncc6)cc5)cc4)cc3)cc2)ccn1. The van der Waals surface area contributed by atoms with Crippen molar-refractivity contribution >= 4 is 11.4 Å². The van der Waals surface area contributed by atoms with Crippen LogP contribution in [0.1, 0.15) is 0 Å². The zero-order valence-corrected chi connectivity index (χ0v) is 24.2. The van der Waals surface area contributed by atoms with Gasteiger partial charge >= 0.3 is 0 Å². The summed E-state index contributed by atoms with van der Waals surface area (Å²) >= 11 is 0. The zero-order chi connectivity index (χ0) is 29.8. The van der Waals surface area contributed by atoms with Crippen molar-refractivity contribution in [1.29, 1.82) is 0 Å². The van der Waals surface area contributed by atoms with E-state index < -0.39 is 0 Å². The van der Waals surface area contributed by atoms with Gasteiger partial charge in [-0.1, -0.05) is 0 Å². The summed E-state index contributed by atoms with van der Waals surface area (Å²) in [6, 6.07) is 31.6. The largest absolute Gasteiger partial charge is 0.487 e. The predicted octanol–water partition coefficient (Wildman–Crippen LogP) is 6.96. The first kappa shape index (κ1) is 28.4. The van der Waals surface area contributed by atoms with Crippen LogP contribution in [0.2, 0.25) is 0 Å². The van der Waals surface area contributed by atoms with Crippen LogP contribution in [0.25, 0.3) is 22.3 Å². The second-order valence-corrected chi connectivity index (χ2v) is 10.0. The first-order valence-electron chi connectivity index (χ1n) is 14.4. The minimum Gasteiger partial charge on any atom is -0.487 e. The van der Waals surface area contributed by atoms with Gasteiger partial charge in [0.2, 0.25) is 0 Å². The van der Waals surface area contributed by atoms with Crippen molar-refractivity contribution in [3.05, 3.63) is 147 Å². The van der Waals surface area contributed by atoms with Gasteiger partial charge < -0.3 is 9.47 Å². The van der Waals surface area contributed by atoms with E-state index in [1.54, 1.807) is 24.8 Å². The van der Waals surface area contributed by atoms with Gasteiger partial charge in [-0.25, -0.2) is 9.13 Å². The number of aromatic nitrogens is 4. The third kappa shape index (κ3) is 7.95. The zero-order valence-electron chi connectivity index (χ0n) is 24.2. The maximum absolute atomic E-state index is 5.92. The molecule has 0 atom stereocenters. The molecular formula is C36H32N6O2+2. The van der Waals surface area contributed by atoms with E-state index in [2.05, 4.69) is 78.4 Å². The lowest BCUT2D eigenvalue weighted by atomic mass is 10.1. The van der Waals surface area contributed by atoms with Gasteiger partial charge in [0, 0.05) is 49.1 Å². The third-order valence-electron chi connectivity index (χ3n) is 7.00. The van der Waals surface area contributed by atoms with Crippen LogP contribution in [0.5, 0.6) is 11.5 Å². The van der Waals surface area contributed by atoms with Crippen LogP contribution < -0.4 is 18.6 Å². The average molecular weight is 581 g/mol. The molecule has 6 rings (SSSR count). The maximum Gasteiger partial charge on any atom is 0.182 e. The van der Waals surface area contributed by atoms with Crippen LogP contribution in [0, 0.1) is 0 Å². The van der Waals surface area contributed by atoms with Crippen LogP contribution in [-0.4, -0.2) is 23.2 Å². The molecule has 0 unspecified atom stereocenters. The molecule has 4 heterocycles. The normalized spacial score (nSPS) is 11.0. The molecule has 216 valence electrons. The molecule has 6 aromatic rings. The molecule has 0 radical (unpaired) electrons. The van der Waals surface area contributed by atoms with Gasteiger partial charge in [-0.05, 0) is 95.1 Å². The van der Waals surface area contributed by atoms with E-state index in [4.69, 9.17) is 9.47 Å². The first-order chi connectivity index (χ1) is 21.8. The number of hydrogen-bond donors (Lipinski definition) is 0. The summed E-state index contributed by atoms with van der Waals surface area (Å²) in [5.41, 5.74) is 6.13. The molecule has 8 nitrogen and oxygen atoms in total. The van der Waals surface area contributed by atoms with E-state index in [9.17, 15) is 0 Å². The highest BCUT2D eigenvalue weighted by Crippen LogP contribution is 2.23. The second kappa shape index (κ2) is 14.4. The minimum atomic E-state index is 0.561. The van der Waals surface area contributed by atoms with E-state index >= 15 is 0 Å². The Morgan fingerprint density at radius 1 is 0.432 bits per heavy atom. The van der Waals surface area contributed by atoms with Gasteiger partial charge in [0.15, 0.2) is 37.9 Å². The number of pyridine rings is 4.